The minimum atomic E-state index is 0.532. The van der Waals surface area contributed by atoms with E-state index in [0.29, 0.717) is 13.2 Å². The maximum atomic E-state index is 6.12. The Bertz CT molecular complexity index is 956. The van der Waals surface area contributed by atoms with E-state index in [1.807, 2.05) is 37.3 Å². The molecule has 3 rings (SSSR count). The zero-order valence-corrected chi connectivity index (χ0v) is 17.0. The molecular weight excluding hydrogens is 344 g/mol. The fourth-order valence-corrected chi connectivity index (χ4v) is 3.12. The fraction of sp³-hybridized carbons (Fsp3) is 0.231. The van der Waals surface area contributed by atoms with Crippen molar-refractivity contribution in [3.8, 4) is 11.5 Å². The first-order valence-corrected chi connectivity index (χ1v) is 9.74. The van der Waals surface area contributed by atoms with Crippen molar-refractivity contribution in [3.05, 3.63) is 101 Å². The van der Waals surface area contributed by atoms with Gasteiger partial charge < -0.3 is 9.47 Å². The van der Waals surface area contributed by atoms with Crippen LogP contribution in [0.25, 0.3) is 5.57 Å². The molecule has 0 fully saturated rings. The number of rotatable bonds is 8. The van der Waals surface area contributed by atoms with E-state index in [1.165, 1.54) is 22.3 Å². The van der Waals surface area contributed by atoms with Gasteiger partial charge in [-0.05, 0) is 60.2 Å². The van der Waals surface area contributed by atoms with Crippen molar-refractivity contribution < 1.29 is 9.47 Å². The highest BCUT2D eigenvalue weighted by Gasteiger charge is 2.07. The average Bonchev–Trinajstić information content (AvgIpc) is 2.71. The molecule has 3 aromatic rings. The largest absolute Gasteiger partial charge is 0.489 e. The van der Waals surface area contributed by atoms with Crippen LogP contribution in [0.15, 0.2) is 73.3 Å². The van der Waals surface area contributed by atoms with Gasteiger partial charge in [-0.1, -0.05) is 67.6 Å². The molecule has 28 heavy (non-hydrogen) atoms. The maximum absolute atomic E-state index is 6.12. The lowest BCUT2D eigenvalue weighted by molar-refractivity contribution is 0.289. The van der Waals surface area contributed by atoms with Crippen LogP contribution in [-0.4, -0.2) is 0 Å². The monoisotopic (exact) mass is 372 g/mol. The van der Waals surface area contributed by atoms with E-state index in [1.54, 1.807) is 0 Å². The van der Waals surface area contributed by atoms with Crippen molar-refractivity contribution in [2.24, 2.45) is 0 Å². The van der Waals surface area contributed by atoms with Crippen LogP contribution in [0.4, 0.5) is 0 Å². The van der Waals surface area contributed by atoms with Gasteiger partial charge in [-0.2, -0.15) is 0 Å². The molecule has 0 N–H and O–H groups in total. The first-order chi connectivity index (χ1) is 13.6. The van der Waals surface area contributed by atoms with Crippen molar-refractivity contribution >= 4 is 5.57 Å². The Morgan fingerprint density at radius 3 is 1.89 bits per heavy atom. The Labute approximate surface area is 168 Å². The van der Waals surface area contributed by atoms with Crippen LogP contribution < -0.4 is 9.47 Å². The highest BCUT2D eigenvalue weighted by atomic mass is 16.5. The van der Waals surface area contributed by atoms with Crippen molar-refractivity contribution in [1.29, 1.82) is 0 Å². The summed E-state index contributed by atoms with van der Waals surface area (Å²) in [6.45, 7) is 11.4. The van der Waals surface area contributed by atoms with Gasteiger partial charge in [0.15, 0.2) is 0 Å². The van der Waals surface area contributed by atoms with E-state index in [9.17, 15) is 0 Å². The van der Waals surface area contributed by atoms with Crippen LogP contribution in [0.5, 0.6) is 11.5 Å². The lowest BCUT2D eigenvalue weighted by Gasteiger charge is -2.14. The predicted molar refractivity (Wildman–Crippen MR) is 117 cm³/mol. The summed E-state index contributed by atoms with van der Waals surface area (Å²) >= 11 is 0. The molecule has 0 aliphatic rings. The smallest absolute Gasteiger partial charge is 0.124 e. The van der Waals surface area contributed by atoms with Gasteiger partial charge >= 0.3 is 0 Å². The van der Waals surface area contributed by atoms with Crippen molar-refractivity contribution in [2.75, 3.05) is 0 Å². The molecule has 0 radical (unpaired) electrons. The molecule has 0 saturated heterocycles. The summed E-state index contributed by atoms with van der Waals surface area (Å²) in [5, 5.41) is 0. The van der Waals surface area contributed by atoms with Crippen LogP contribution in [0, 0.1) is 6.92 Å². The van der Waals surface area contributed by atoms with Crippen molar-refractivity contribution in [3.63, 3.8) is 0 Å². The molecule has 0 bridgehead atoms. The molecule has 0 spiro atoms. The minimum absolute atomic E-state index is 0.532. The van der Waals surface area contributed by atoms with E-state index < -0.39 is 0 Å². The summed E-state index contributed by atoms with van der Waals surface area (Å²) in [4.78, 5) is 0. The molecule has 0 atom stereocenters. The quantitative estimate of drug-likeness (QED) is 0.435. The summed E-state index contributed by atoms with van der Waals surface area (Å²) in [5.74, 6) is 1.59. The van der Waals surface area contributed by atoms with Crippen LogP contribution in [0.3, 0.4) is 0 Å². The molecule has 0 amide bonds. The normalized spacial score (nSPS) is 10.5. The summed E-state index contributed by atoms with van der Waals surface area (Å²) < 4.78 is 12.2. The number of hydrogen-bond acceptors (Lipinski definition) is 2. The first kappa shape index (κ1) is 19.8. The second kappa shape index (κ2) is 9.27. The Hall–Kier alpha value is -3.00. The highest BCUT2D eigenvalue weighted by molar-refractivity contribution is 5.64. The molecular formula is C26H28O2. The minimum Gasteiger partial charge on any atom is -0.489 e. The zero-order chi connectivity index (χ0) is 19.9. The number of hydrogen-bond donors (Lipinski definition) is 0. The van der Waals surface area contributed by atoms with Gasteiger partial charge in [-0.15, -0.1) is 0 Å². The number of aryl methyl sites for hydroxylation is 2. The van der Waals surface area contributed by atoms with Crippen LogP contribution in [0.1, 0.15) is 41.7 Å². The lowest BCUT2D eigenvalue weighted by atomic mass is 10.1. The molecule has 3 aromatic carbocycles. The standard InChI is InChI=1S/C26H28O2/c1-5-21-11-8-9-13-23(21)18-28-26-15-24(19(2)3)14-25(16-26)27-17-22-12-7-6-10-20(22)4/h6-16H,2,5,17-18H2,1,3-4H3. The molecule has 2 heteroatoms. The van der Waals surface area contributed by atoms with E-state index in [0.717, 1.165) is 29.1 Å². The lowest BCUT2D eigenvalue weighted by Crippen LogP contribution is -2.01. The molecule has 144 valence electrons. The van der Waals surface area contributed by atoms with Gasteiger partial charge in [0.2, 0.25) is 0 Å². The second-order valence-corrected chi connectivity index (χ2v) is 7.10. The third-order valence-electron chi connectivity index (χ3n) is 4.92. The average molecular weight is 373 g/mol. The van der Waals surface area contributed by atoms with E-state index in [-0.39, 0.29) is 0 Å². The molecule has 0 aliphatic carbocycles. The highest BCUT2D eigenvalue weighted by Crippen LogP contribution is 2.28. The van der Waals surface area contributed by atoms with Gasteiger partial charge in [0, 0.05) is 6.07 Å². The van der Waals surface area contributed by atoms with Crippen molar-refractivity contribution in [1.82, 2.24) is 0 Å². The third kappa shape index (κ3) is 5.04. The van der Waals surface area contributed by atoms with Gasteiger partial charge in [-0.25, -0.2) is 0 Å². The van der Waals surface area contributed by atoms with E-state index >= 15 is 0 Å². The van der Waals surface area contributed by atoms with Gasteiger partial charge in [0.05, 0.1) is 0 Å². The fourth-order valence-electron chi connectivity index (χ4n) is 3.12. The molecule has 0 aromatic heterocycles. The number of benzene rings is 3. The van der Waals surface area contributed by atoms with E-state index in [2.05, 4.69) is 56.8 Å². The van der Waals surface area contributed by atoms with Crippen molar-refractivity contribution in [2.45, 2.75) is 40.4 Å². The second-order valence-electron chi connectivity index (χ2n) is 7.10. The number of allylic oxidation sites excluding steroid dienone is 1. The molecule has 0 unspecified atom stereocenters. The Kier molecular flexibility index (Phi) is 6.54. The first-order valence-electron chi connectivity index (χ1n) is 9.74. The van der Waals surface area contributed by atoms with Gasteiger partial charge in [-0.3, -0.25) is 0 Å². The molecule has 0 heterocycles. The summed E-state index contributed by atoms with van der Waals surface area (Å²) in [7, 11) is 0. The topological polar surface area (TPSA) is 18.5 Å². The summed E-state index contributed by atoms with van der Waals surface area (Å²) in [6, 6.07) is 22.7. The Morgan fingerprint density at radius 2 is 1.32 bits per heavy atom. The Balaban J connectivity index is 1.77. The molecule has 0 aliphatic heterocycles. The third-order valence-corrected chi connectivity index (χ3v) is 4.92. The maximum Gasteiger partial charge on any atom is 0.124 e. The van der Waals surface area contributed by atoms with Crippen LogP contribution in [0.2, 0.25) is 0 Å². The SMILES string of the molecule is C=C(C)c1cc(OCc2ccccc2C)cc(OCc2ccccc2CC)c1. The molecule has 0 saturated carbocycles. The summed E-state index contributed by atoms with van der Waals surface area (Å²) in [6.07, 6.45) is 0.996. The zero-order valence-electron chi connectivity index (χ0n) is 17.0. The predicted octanol–water partition coefficient (Wildman–Crippen LogP) is 6.75. The van der Waals surface area contributed by atoms with Gasteiger partial charge in [0.1, 0.15) is 24.7 Å². The number of ether oxygens (including phenoxy) is 2. The summed E-state index contributed by atoms with van der Waals surface area (Å²) in [5.41, 5.74) is 6.96. The van der Waals surface area contributed by atoms with Crippen LogP contribution >= 0.6 is 0 Å². The van der Waals surface area contributed by atoms with Gasteiger partial charge in [0.25, 0.3) is 0 Å². The Morgan fingerprint density at radius 1 is 0.786 bits per heavy atom. The molecule has 2 nitrogen and oxygen atoms in total. The van der Waals surface area contributed by atoms with E-state index in [4.69, 9.17) is 9.47 Å². The van der Waals surface area contributed by atoms with Crippen LogP contribution in [-0.2, 0) is 19.6 Å².